The van der Waals surface area contributed by atoms with Crippen molar-refractivity contribution >= 4 is 35.5 Å². The number of nitrogens with one attached hydrogen (secondary N) is 3. The maximum Gasteiger partial charge on any atom is 0.412 e. The van der Waals surface area contributed by atoms with Crippen molar-refractivity contribution in [2.75, 3.05) is 32.1 Å². The summed E-state index contributed by atoms with van der Waals surface area (Å²) in [5.74, 6) is -4.10. The van der Waals surface area contributed by atoms with Crippen molar-refractivity contribution in [3.8, 4) is 11.3 Å². The smallest absolute Gasteiger partial charge is 0.412 e. The van der Waals surface area contributed by atoms with Crippen LogP contribution < -0.4 is 21.7 Å². The Balaban J connectivity index is 1.16. The molecular weight excluding hydrogens is 943 g/mol. The fraction of sp³-hybridized carbons (Fsp3) is 0.654. The molecule has 0 aliphatic carbocycles. The summed E-state index contributed by atoms with van der Waals surface area (Å²) in [5.41, 5.74) is 5.46. The Morgan fingerprint density at radius 1 is 1.04 bits per heavy atom. The lowest BCUT2D eigenvalue weighted by molar-refractivity contribution is -0.289. The molecule has 3 amide bonds. The number of carbonyl (C=O) groups excluding carboxylic acids is 5. The number of carbonyl (C=O) groups is 5. The zero-order valence-corrected chi connectivity index (χ0v) is 44.2. The maximum atomic E-state index is 14.6. The van der Waals surface area contributed by atoms with Gasteiger partial charge in [-0.05, 0) is 117 Å². The summed E-state index contributed by atoms with van der Waals surface area (Å²) in [6.07, 6.45) is -1.01. The Bertz CT molecular complexity index is 2370. The topological polar surface area (TPSA) is 270 Å². The van der Waals surface area contributed by atoms with Crippen LogP contribution in [0.2, 0.25) is 0 Å². The summed E-state index contributed by atoms with van der Waals surface area (Å²) in [5, 5.41) is 29.3. The van der Waals surface area contributed by atoms with Gasteiger partial charge in [-0.1, -0.05) is 44.2 Å². The number of methoxy groups -OCH3 is 1. The normalized spacial score (nSPS) is 31.6. The van der Waals surface area contributed by atoms with Crippen LogP contribution in [0.25, 0.3) is 11.3 Å². The number of aryl methyl sites for hydroxylation is 1. The highest BCUT2D eigenvalue weighted by atomic mass is 16.7. The average molecular weight is 1020 g/mol. The van der Waals surface area contributed by atoms with Crippen molar-refractivity contribution in [1.82, 2.24) is 35.5 Å². The molecule has 3 aliphatic rings. The number of aromatic nitrogens is 4. The van der Waals surface area contributed by atoms with E-state index in [4.69, 9.17) is 34.2 Å². The molecule has 21 nitrogen and oxygen atoms in total. The van der Waals surface area contributed by atoms with Crippen molar-refractivity contribution in [1.29, 1.82) is 0 Å². The number of hydrogen-bond donors (Lipinski definition) is 5. The molecular formula is C52H77N9O12. The third-order valence-corrected chi connectivity index (χ3v) is 14.1. The lowest BCUT2D eigenvalue weighted by Crippen LogP contribution is -2.61. The van der Waals surface area contributed by atoms with E-state index in [2.05, 4.69) is 31.2 Å². The van der Waals surface area contributed by atoms with E-state index in [0.29, 0.717) is 50.3 Å². The number of aliphatic hydroxyl groups excluding tert-OH is 1. The molecule has 13 atom stereocenters. The van der Waals surface area contributed by atoms with Gasteiger partial charge in [-0.2, -0.15) is 0 Å². The molecule has 1 aromatic carbocycles. The predicted molar refractivity (Wildman–Crippen MR) is 269 cm³/mol. The summed E-state index contributed by atoms with van der Waals surface area (Å²) in [7, 11) is 1.52. The van der Waals surface area contributed by atoms with Gasteiger partial charge in [-0.25, -0.2) is 9.59 Å². The van der Waals surface area contributed by atoms with Crippen molar-refractivity contribution in [2.24, 2.45) is 23.5 Å². The molecule has 5 heterocycles. The quantitative estimate of drug-likeness (QED) is 0.0597. The summed E-state index contributed by atoms with van der Waals surface area (Å²) in [6, 6.07) is 10.5. The lowest BCUT2D eigenvalue weighted by atomic mass is 9.78. The molecule has 6 rings (SSSR count). The SMILES string of the molecule is CC[C@H]1OC(=O)[C@H](C)C(=O)[C@H](C)[C@@H](O[C@@H]2O[C@H](CNC(=O)c3ccccn3)CC(N)C2O)[C@](C)(OC)C[C@@H](C)CN[C@H](C)[C@H]2N(CCCCn3cc(-c4cccc(NC(=O)OC(C)(C)C)c4)nn3)C(=O)O[C@]12C. The van der Waals surface area contributed by atoms with Crippen molar-refractivity contribution in [2.45, 2.75) is 174 Å². The monoisotopic (exact) mass is 1020 g/mol. The number of pyridine rings is 1. The van der Waals surface area contributed by atoms with Crippen LogP contribution in [0, 0.1) is 17.8 Å². The number of esters is 1. The number of ketones is 1. The minimum absolute atomic E-state index is 0.0468. The molecule has 3 aromatic rings. The van der Waals surface area contributed by atoms with Gasteiger partial charge < -0.3 is 49.9 Å². The average Bonchev–Trinajstić information content (AvgIpc) is 3.93. The highest BCUT2D eigenvalue weighted by Gasteiger charge is 2.59. The number of anilines is 1. The number of hydrogen-bond acceptors (Lipinski definition) is 17. The number of nitrogens with zero attached hydrogens (tertiary/aromatic N) is 5. The molecule has 73 heavy (non-hydrogen) atoms. The number of aliphatic hydroxyl groups is 1. The first-order valence-corrected chi connectivity index (χ1v) is 25.4. The van der Waals surface area contributed by atoms with E-state index in [0.717, 1.165) is 5.56 Å². The highest BCUT2D eigenvalue weighted by molar-refractivity contribution is 6.00. The van der Waals surface area contributed by atoms with Gasteiger partial charge in [0, 0.05) is 62.2 Å². The van der Waals surface area contributed by atoms with Gasteiger partial charge in [0.2, 0.25) is 0 Å². The van der Waals surface area contributed by atoms with Crippen molar-refractivity contribution in [3.05, 3.63) is 60.6 Å². The van der Waals surface area contributed by atoms with Gasteiger partial charge >= 0.3 is 18.2 Å². The molecule has 0 saturated carbocycles. The summed E-state index contributed by atoms with van der Waals surface area (Å²) in [4.78, 5) is 73.8. The Morgan fingerprint density at radius 2 is 1.78 bits per heavy atom. The van der Waals surface area contributed by atoms with Crippen LogP contribution in [0.15, 0.2) is 54.9 Å². The number of cyclic esters (lactones) is 1. The van der Waals surface area contributed by atoms with Crippen LogP contribution in [0.4, 0.5) is 15.3 Å². The molecule has 0 spiro atoms. The van der Waals surface area contributed by atoms with E-state index in [1.165, 1.54) is 20.2 Å². The summed E-state index contributed by atoms with van der Waals surface area (Å²) in [6.45, 7) is 19.3. The number of ether oxygens (including phenoxy) is 6. The van der Waals surface area contributed by atoms with Crippen LogP contribution >= 0.6 is 0 Å². The third-order valence-electron chi connectivity index (χ3n) is 14.1. The number of fused-ring (bicyclic) bond motifs is 1. The molecule has 3 aliphatic heterocycles. The zero-order valence-electron chi connectivity index (χ0n) is 44.2. The van der Waals surface area contributed by atoms with E-state index in [1.54, 1.807) is 74.5 Å². The molecule has 6 N–H and O–H groups in total. The fourth-order valence-electron chi connectivity index (χ4n) is 10.3. The van der Waals surface area contributed by atoms with Gasteiger partial charge in [0.05, 0.1) is 30.0 Å². The van der Waals surface area contributed by atoms with Crippen molar-refractivity contribution < 1.29 is 57.5 Å². The van der Waals surface area contributed by atoms with Crippen LogP contribution in [-0.4, -0.2) is 152 Å². The van der Waals surface area contributed by atoms with Gasteiger partial charge in [-0.15, -0.1) is 5.10 Å². The molecule has 3 saturated heterocycles. The summed E-state index contributed by atoms with van der Waals surface area (Å²) >= 11 is 0. The van der Waals surface area contributed by atoms with Gasteiger partial charge in [0.25, 0.3) is 5.91 Å². The molecule has 21 heteroatoms. The van der Waals surface area contributed by atoms with Crippen LogP contribution in [-0.2, 0) is 44.6 Å². The number of benzene rings is 1. The highest BCUT2D eigenvalue weighted by Crippen LogP contribution is 2.40. The largest absolute Gasteiger partial charge is 0.458 e. The van der Waals surface area contributed by atoms with Gasteiger partial charge in [0.15, 0.2) is 17.7 Å². The Labute approximate surface area is 428 Å². The van der Waals surface area contributed by atoms with E-state index in [9.17, 15) is 29.1 Å². The molecule has 0 bridgehead atoms. The fourth-order valence-corrected chi connectivity index (χ4v) is 10.3. The van der Waals surface area contributed by atoms with Crippen LogP contribution in [0.1, 0.15) is 112 Å². The first kappa shape index (κ1) is 56.7. The Morgan fingerprint density at radius 3 is 2.47 bits per heavy atom. The lowest BCUT2D eigenvalue weighted by Gasteiger charge is -2.45. The number of nitrogens with two attached hydrogens (primary N) is 1. The number of unbranched alkanes of at least 4 members (excludes halogenated alkanes) is 1. The minimum Gasteiger partial charge on any atom is -0.458 e. The maximum absolute atomic E-state index is 14.6. The van der Waals surface area contributed by atoms with Gasteiger partial charge in [0.1, 0.15) is 35.1 Å². The number of rotatable bonds is 14. The standard InChI is InChI=1S/C52H77N9O12/c1-12-40-52(10)43(61(49(67)73-52)23-16-15-22-60-29-39(58-59-60)34-18-17-19-35(24-34)57-48(66)72-50(6,7)8)33(5)55-27-30(2)26-51(9,68-11)44(31(3)41(62)32(4)46(65)70-40)71-47-42(63)37(53)25-36(69-47)28-56-45(64)38-20-13-14-21-54-38/h13-14,17-21,24,29-33,36-37,40,42-44,47,55,63H,12,15-16,22-23,25-28,53H2,1-11H3,(H,56,64)(H,57,66)/t30-,31+,32-,33-,36+,37?,40-,42?,43-,44-,47+,51-,52-/m1/s1. The Kier molecular flexibility index (Phi) is 18.8. The first-order valence-electron chi connectivity index (χ1n) is 25.4. The molecule has 3 fully saturated rings. The Hall–Kier alpha value is -5.58. The minimum atomic E-state index is -1.33. The van der Waals surface area contributed by atoms with E-state index in [1.807, 2.05) is 46.0 Å². The number of Topliss-reactive ketones (excluding diaryl/α,β-unsaturated/α-hetero) is 1. The van der Waals surface area contributed by atoms with E-state index in [-0.39, 0.29) is 37.0 Å². The van der Waals surface area contributed by atoms with Crippen LogP contribution in [0.3, 0.4) is 0 Å². The van der Waals surface area contributed by atoms with Crippen molar-refractivity contribution in [3.63, 3.8) is 0 Å². The third kappa shape index (κ3) is 14.0. The van der Waals surface area contributed by atoms with E-state index < -0.39 is 101 Å². The second kappa shape index (κ2) is 24.2. The predicted octanol–water partition coefficient (Wildman–Crippen LogP) is 5.25. The van der Waals surface area contributed by atoms with E-state index >= 15 is 0 Å². The molecule has 2 unspecified atom stereocenters. The molecule has 2 aromatic heterocycles. The van der Waals surface area contributed by atoms with Crippen LogP contribution in [0.5, 0.6) is 0 Å². The second-order valence-corrected chi connectivity index (χ2v) is 21.2. The molecule has 0 radical (unpaired) electrons. The number of amides is 3. The second-order valence-electron chi connectivity index (χ2n) is 21.2. The zero-order chi connectivity index (χ0) is 53.4. The van der Waals surface area contributed by atoms with Gasteiger partial charge in [-0.3, -0.25) is 34.3 Å². The molecule has 402 valence electrons. The summed E-state index contributed by atoms with van der Waals surface area (Å²) < 4.78 is 38.7. The first-order chi connectivity index (χ1) is 34.5.